The van der Waals surface area contributed by atoms with Crippen molar-refractivity contribution in [2.24, 2.45) is 11.8 Å². The van der Waals surface area contributed by atoms with Gasteiger partial charge in [-0.1, -0.05) is 25.3 Å². The van der Waals surface area contributed by atoms with Crippen molar-refractivity contribution in [2.75, 3.05) is 0 Å². The van der Waals surface area contributed by atoms with Crippen LogP contribution in [-0.2, 0) is 4.79 Å². The molecule has 0 aromatic carbocycles. The highest BCUT2D eigenvalue weighted by Gasteiger charge is 2.19. The smallest absolute Gasteiger partial charge is 0.119 e. The Balaban J connectivity index is 2.09. The molecule has 0 N–H and O–H groups in total. The molecule has 0 amide bonds. The third-order valence-electron chi connectivity index (χ3n) is 3.40. The fourth-order valence-corrected chi connectivity index (χ4v) is 2.48. The fraction of sp³-hybridized carbons (Fsp3) is 0.769. The molecule has 0 aromatic rings. The summed E-state index contributed by atoms with van der Waals surface area (Å²) in [5.41, 5.74) is 0. The second kappa shape index (κ2) is 6.80. The number of carbonyl (C=O) groups excluding carboxylic acids is 1. The molecule has 0 saturated heterocycles. The maximum absolute atomic E-state index is 10.2. The molecule has 14 heavy (non-hydrogen) atoms. The number of rotatable bonds is 6. The molecular formula is C13H22O. The Hall–Kier alpha value is -0.590. The zero-order valence-electron chi connectivity index (χ0n) is 9.08. The van der Waals surface area contributed by atoms with Crippen LogP contribution in [0, 0.1) is 11.8 Å². The molecule has 1 nitrogen and oxygen atoms in total. The van der Waals surface area contributed by atoms with Crippen molar-refractivity contribution < 1.29 is 4.79 Å². The summed E-state index contributed by atoms with van der Waals surface area (Å²) < 4.78 is 0. The molecule has 0 spiro atoms. The molecule has 1 aliphatic carbocycles. The largest absolute Gasteiger partial charge is 0.303 e. The quantitative estimate of drug-likeness (QED) is 0.357. The Labute approximate surface area is 87.6 Å². The summed E-state index contributed by atoms with van der Waals surface area (Å²) in [6.07, 6.45) is 12.9. The van der Waals surface area contributed by atoms with Gasteiger partial charge in [0.25, 0.3) is 0 Å². The van der Waals surface area contributed by atoms with Crippen molar-refractivity contribution in [3.63, 3.8) is 0 Å². The summed E-state index contributed by atoms with van der Waals surface area (Å²) >= 11 is 0. The predicted molar refractivity (Wildman–Crippen MR) is 60.2 cm³/mol. The molecule has 1 aliphatic rings. The zero-order valence-corrected chi connectivity index (χ0v) is 9.08. The minimum Gasteiger partial charge on any atom is -0.303 e. The van der Waals surface area contributed by atoms with Gasteiger partial charge in [-0.3, -0.25) is 0 Å². The summed E-state index contributed by atoms with van der Waals surface area (Å²) in [6, 6.07) is 0. The maximum atomic E-state index is 10.2. The first kappa shape index (κ1) is 11.5. The van der Waals surface area contributed by atoms with E-state index in [1.54, 1.807) is 0 Å². The summed E-state index contributed by atoms with van der Waals surface area (Å²) in [5.74, 6) is 1.80. The third kappa shape index (κ3) is 4.08. The summed E-state index contributed by atoms with van der Waals surface area (Å²) in [5, 5.41) is 0. The Bertz CT molecular complexity index is 166. The van der Waals surface area contributed by atoms with Crippen LogP contribution >= 0.6 is 0 Å². The van der Waals surface area contributed by atoms with E-state index < -0.39 is 0 Å². The number of unbranched alkanes of at least 4 members (excludes halogenated alkanes) is 1. The van der Waals surface area contributed by atoms with Gasteiger partial charge in [0.05, 0.1) is 0 Å². The number of hydrogen-bond acceptors (Lipinski definition) is 1. The molecule has 1 saturated carbocycles. The lowest BCUT2D eigenvalue weighted by Gasteiger charge is -2.27. The average molecular weight is 194 g/mol. The summed E-state index contributed by atoms with van der Waals surface area (Å²) in [6.45, 7) is 3.80. The lowest BCUT2D eigenvalue weighted by molar-refractivity contribution is -0.108. The van der Waals surface area contributed by atoms with Crippen molar-refractivity contribution in [3.05, 3.63) is 12.7 Å². The lowest BCUT2D eigenvalue weighted by Crippen LogP contribution is -2.14. The molecule has 80 valence electrons. The van der Waals surface area contributed by atoms with Gasteiger partial charge in [0.15, 0.2) is 0 Å². The summed E-state index contributed by atoms with van der Waals surface area (Å²) in [7, 11) is 0. The van der Waals surface area contributed by atoms with Crippen molar-refractivity contribution in [3.8, 4) is 0 Å². The molecule has 1 rings (SSSR count). The van der Waals surface area contributed by atoms with Crippen LogP contribution in [0.4, 0.5) is 0 Å². The topological polar surface area (TPSA) is 17.1 Å². The van der Waals surface area contributed by atoms with Crippen molar-refractivity contribution in [2.45, 2.75) is 51.4 Å². The van der Waals surface area contributed by atoms with Gasteiger partial charge in [-0.05, 0) is 37.5 Å². The van der Waals surface area contributed by atoms with Crippen LogP contribution in [0.2, 0.25) is 0 Å². The molecule has 0 unspecified atom stereocenters. The predicted octanol–water partition coefficient (Wildman–Crippen LogP) is 3.74. The van der Waals surface area contributed by atoms with Crippen LogP contribution in [0.5, 0.6) is 0 Å². The van der Waals surface area contributed by atoms with Gasteiger partial charge in [-0.2, -0.15) is 0 Å². The van der Waals surface area contributed by atoms with Crippen LogP contribution in [0.15, 0.2) is 12.7 Å². The normalized spacial score (nSPS) is 27.1. The third-order valence-corrected chi connectivity index (χ3v) is 3.40. The van der Waals surface area contributed by atoms with Crippen molar-refractivity contribution in [1.82, 2.24) is 0 Å². The first-order chi connectivity index (χ1) is 6.86. The Morgan fingerprint density at radius 1 is 1.14 bits per heavy atom. The molecule has 0 bridgehead atoms. The average Bonchev–Trinajstić information content (AvgIpc) is 2.21. The first-order valence-electron chi connectivity index (χ1n) is 5.91. The second-order valence-electron chi connectivity index (χ2n) is 4.51. The van der Waals surface area contributed by atoms with Crippen LogP contribution < -0.4 is 0 Å². The van der Waals surface area contributed by atoms with E-state index in [0.29, 0.717) is 0 Å². The molecule has 0 radical (unpaired) electrons. The van der Waals surface area contributed by atoms with Gasteiger partial charge in [0.1, 0.15) is 6.29 Å². The van der Waals surface area contributed by atoms with E-state index in [9.17, 15) is 4.79 Å². The maximum Gasteiger partial charge on any atom is 0.119 e. The molecule has 1 heteroatoms. The minimum atomic E-state index is 0.757. The molecule has 0 aromatic heterocycles. The number of allylic oxidation sites excluding steroid dienone is 1. The standard InChI is InChI=1S/C13H22O/c1-2-5-12-7-9-13(10-8-12)6-3-4-11-14/h2,11-13H,1,3-10H2. The van der Waals surface area contributed by atoms with E-state index >= 15 is 0 Å². The molecule has 0 aliphatic heterocycles. The first-order valence-corrected chi connectivity index (χ1v) is 5.91. The Morgan fingerprint density at radius 3 is 2.36 bits per heavy atom. The Morgan fingerprint density at radius 2 is 1.79 bits per heavy atom. The van der Waals surface area contributed by atoms with Crippen LogP contribution in [0.25, 0.3) is 0 Å². The van der Waals surface area contributed by atoms with E-state index in [4.69, 9.17) is 0 Å². The van der Waals surface area contributed by atoms with Gasteiger partial charge in [-0.15, -0.1) is 6.58 Å². The highest BCUT2D eigenvalue weighted by atomic mass is 16.1. The molecule has 0 heterocycles. The van der Waals surface area contributed by atoms with E-state index in [0.717, 1.165) is 31.0 Å². The van der Waals surface area contributed by atoms with Gasteiger partial charge in [0, 0.05) is 6.42 Å². The molecular weight excluding hydrogens is 172 g/mol. The van der Waals surface area contributed by atoms with Gasteiger partial charge in [-0.25, -0.2) is 0 Å². The van der Waals surface area contributed by atoms with Gasteiger partial charge >= 0.3 is 0 Å². The highest BCUT2D eigenvalue weighted by molar-refractivity contribution is 5.48. The van der Waals surface area contributed by atoms with Crippen molar-refractivity contribution in [1.29, 1.82) is 0 Å². The minimum absolute atomic E-state index is 0.757. The lowest BCUT2D eigenvalue weighted by atomic mass is 9.79. The highest BCUT2D eigenvalue weighted by Crippen LogP contribution is 2.33. The van der Waals surface area contributed by atoms with E-state index in [-0.39, 0.29) is 0 Å². The SMILES string of the molecule is C=CCC1CCC(CCCC=O)CC1. The van der Waals surface area contributed by atoms with Gasteiger partial charge < -0.3 is 4.79 Å². The molecule has 1 fully saturated rings. The van der Waals surface area contributed by atoms with Crippen LogP contribution in [0.3, 0.4) is 0 Å². The zero-order chi connectivity index (χ0) is 10.2. The Kier molecular flexibility index (Phi) is 5.58. The molecule has 0 atom stereocenters. The second-order valence-corrected chi connectivity index (χ2v) is 4.51. The van der Waals surface area contributed by atoms with Gasteiger partial charge in [0.2, 0.25) is 0 Å². The van der Waals surface area contributed by atoms with E-state index in [1.165, 1.54) is 38.5 Å². The van der Waals surface area contributed by atoms with E-state index in [1.807, 2.05) is 0 Å². The summed E-state index contributed by atoms with van der Waals surface area (Å²) in [4.78, 5) is 10.2. The van der Waals surface area contributed by atoms with E-state index in [2.05, 4.69) is 12.7 Å². The van der Waals surface area contributed by atoms with Crippen LogP contribution in [-0.4, -0.2) is 6.29 Å². The fourth-order valence-electron chi connectivity index (χ4n) is 2.48. The number of carbonyl (C=O) groups is 1. The van der Waals surface area contributed by atoms with Crippen LogP contribution in [0.1, 0.15) is 51.4 Å². The van der Waals surface area contributed by atoms with Crippen molar-refractivity contribution >= 4 is 6.29 Å². The number of aldehydes is 1. The number of hydrogen-bond donors (Lipinski definition) is 0. The monoisotopic (exact) mass is 194 g/mol.